The summed E-state index contributed by atoms with van der Waals surface area (Å²) in [5.74, 6) is 0.307. The van der Waals surface area contributed by atoms with E-state index in [1.807, 2.05) is 0 Å². The molecular formula is C5H11N3O. The molecule has 0 aliphatic carbocycles. The van der Waals surface area contributed by atoms with Gasteiger partial charge in [-0.3, -0.25) is 0 Å². The Morgan fingerprint density at radius 2 is 2.22 bits per heavy atom. The van der Waals surface area contributed by atoms with Gasteiger partial charge in [-0.2, -0.15) is 0 Å². The van der Waals surface area contributed by atoms with Gasteiger partial charge in [0.05, 0.1) is 19.3 Å². The molecule has 0 atom stereocenters. The first-order valence-corrected chi connectivity index (χ1v) is 2.84. The van der Waals surface area contributed by atoms with Gasteiger partial charge in [0.1, 0.15) is 5.82 Å². The average Bonchev–Trinajstić information content (AvgIpc) is 1.60. The third-order valence-electron chi connectivity index (χ3n) is 1.12. The fourth-order valence-electron chi connectivity index (χ4n) is 0.546. The summed E-state index contributed by atoms with van der Waals surface area (Å²) in [7, 11) is 0. The molecule has 1 heterocycles. The second-order valence-corrected chi connectivity index (χ2v) is 2.05. The van der Waals surface area contributed by atoms with Crippen molar-refractivity contribution in [2.75, 3.05) is 13.2 Å². The van der Waals surface area contributed by atoms with E-state index in [9.17, 15) is 0 Å². The monoisotopic (exact) mass is 129 g/mol. The first-order valence-electron chi connectivity index (χ1n) is 2.84. The van der Waals surface area contributed by atoms with E-state index < -0.39 is 0 Å². The van der Waals surface area contributed by atoms with Crippen LogP contribution in [0.25, 0.3) is 0 Å². The molecule has 0 aromatic heterocycles. The van der Waals surface area contributed by atoms with Crippen molar-refractivity contribution in [3.63, 3.8) is 0 Å². The molecule has 0 amide bonds. The van der Waals surface area contributed by atoms with Gasteiger partial charge in [-0.25, -0.2) is 0 Å². The minimum absolute atomic E-state index is 0.307. The van der Waals surface area contributed by atoms with E-state index in [2.05, 4.69) is 5.32 Å². The normalized spacial score (nSPS) is 18.2. The molecule has 1 rings (SSSR count). The second-order valence-electron chi connectivity index (χ2n) is 2.05. The molecule has 0 bridgehead atoms. The lowest BCUT2D eigenvalue weighted by atomic mass is 10.3. The maximum absolute atomic E-state index is 5.16. The van der Waals surface area contributed by atoms with Gasteiger partial charge in [0.2, 0.25) is 0 Å². The largest absolute Gasteiger partial charge is 0.385 e. The predicted molar refractivity (Wildman–Crippen MR) is 34.2 cm³/mol. The van der Waals surface area contributed by atoms with Crippen LogP contribution in [0, 0.1) is 0 Å². The maximum atomic E-state index is 5.16. The Balaban J connectivity index is 2.10. The lowest BCUT2D eigenvalue weighted by Gasteiger charge is -2.25. The van der Waals surface area contributed by atoms with Gasteiger partial charge in [-0.05, 0) is 0 Å². The topological polar surface area (TPSA) is 73.3 Å². The van der Waals surface area contributed by atoms with Crippen molar-refractivity contribution in [1.82, 2.24) is 5.32 Å². The second kappa shape index (κ2) is 2.59. The number of rotatable bonds is 2. The van der Waals surface area contributed by atoms with Gasteiger partial charge in [0, 0.05) is 6.20 Å². The van der Waals surface area contributed by atoms with Gasteiger partial charge in [0.15, 0.2) is 0 Å². The molecule has 4 nitrogen and oxygen atoms in total. The van der Waals surface area contributed by atoms with Crippen LogP contribution in [0.15, 0.2) is 12.0 Å². The van der Waals surface area contributed by atoms with Crippen LogP contribution in [0.3, 0.4) is 0 Å². The Bertz CT molecular complexity index is 115. The van der Waals surface area contributed by atoms with Gasteiger partial charge in [-0.15, -0.1) is 0 Å². The zero-order chi connectivity index (χ0) is 6.69. The number of hydrogen-bond donors (Lipinski definition) is 3. The number of nitrogens with one attached hydrogen (secondary N) is 1. The average molecular weight is 129 g/mol. The molecule has 0 spiro atoms. The van der Waals surface area contributed by atoms with E-state index in [0.717, 1.165) is 13.2 Å². The summed E-state index contributed by atoms with van der Waals surface area (Å²) in [6.45, 7) is 1.51. The molecule has 0 unspecified atom stereocenters. The van der Waals surface area contributed by atoms with Crippen LogP contribution in [0.5, 0.6) is 0 Å². The van der Waals surface area contributed by atoms with Crippen molar-refractivity contribution < 1.29 is 4.74 Å². The molecule has 0 aromatic rings. The van der Waals surface area contributed by atoms with Crippen LogP contribution in [0.2, 0.25) is 0 Å². The summed E-state index contributed by atoms with van der Waals surface area (Å²) in [6, 6.07) is 0.409. The summed E-state index contributed by atoms with van der Waals surface area (Å²) >= 11 is 0. The zero-order valence-electron chi connectivity index (χ0n) is 5.13. The SMILES string of the molecule is NC(N)=CNC1COC1. The smallest absolute Gasteiger partial charge is 0.110 e. The predicted octanol–water partition coefficient (Wildman–Crippen LogP) is -1.31. The molecule has 5 N–H and O–H groups in total. The van der Waals surface area contributed by atoms with Gasteiger partial charge in [0.25, 0.3) is 0 Å². The summed E-state index contributed by atoms with van der Waals surface area (Å²) in [6.07, 6.45) is 1.59. The minimum atomic E-state index is 0.307. The quantitative estimate of drug-likeness (QED) is 0.433. The number of nitrogens with two attached hydrogens (primary N) is 2. The van der Waals surface area contributed by atoms with E-state index in [-0.39, 0.29) is 0 Å². The van der Waals surface area contributed by atoms with Crippen molar-refractivity contribution in [2.45, 2.75) is 6.04 Å². The van der Waals surface area contributed by atoms with Crippen LogP contribution in [0.4, 0.5) is 0 Å². The molecule has 1 aliphatic heterocycles. The third-order valence-corrected chi connectivity index (χ3v) is 1.12. The molecular weight excluding hydrogens is 118 g/mol. The lowest BCUT2D eigenvalue weighted by molar-refractivity contribution is 0.000662. The van der Waals surface area contributed by atoms with Crippen molar-refractivity contribution in [3.8, 4) is 0 Å². The molecule has 1 aliphatic rings. The molecule has 0 aromatic carbocycles. The highest BCUT2D eigenvalue weighted by molar-refractivity contribution is 4.91. The van der Waals surface area contributed by atoms with Gasteiger partial charge in [-0.1, -0.05) is 0 Å². The molecule has 0 saturated carbocycles. The highest BCUT2D eigenvalue weighted by Gasteiger charge is 2.15. The highest BCUT2D eigenvalue weighted by atomic mass is 16.5. The molecule has 1 saturated heterocycles. The Kier molecular flexibility index (Phi) is 1.79. The van der Waals surface area contributed by atoms with Crippen LogP contribution in [-0.4, -0.2) is 19.3 Å². The standard InChI is InChI=1S/C5H11N3O/c6-5(7)1-8-4-2-9-3-4/h1,4,8H,2-3,6-7H2. The zero-order valence-corrected chi connectivity index (χ0v) is 5.13. The Labute approximate surface area is 53.8 Å². The Morgan fingerprint density at radius 3 is 2.56 bits per heavy atom. The summed E-state index contributed by atoms with van der Waals surface area (Å²) in [5.41, 5.74) is 10.3. The van der Waals surface area contributed by atoms with E-state index in [1.54, 1.807) is 6.20 Å². The summed E-state index contributed by atoms with van der Waals surface area (Å²) in [5, 5.41) is 2.98. The fraction of sp³-hybridized carbons (Fsp3) is 0.600. The van der Waals surface area contributed by atoms with Crippen molar-refractivity contribution in [3.05, 3.63) is 12.0 Å². The molecule has 9 heavy (non-hydrogen) atoms. The van der Waals surface area contributed by atoms with E-state index >= 15 is 0 Å². The minimum Gasteiger partial charge on any atom is -0.385 e. The van der Waals surface area contributed by atoms with Crippen LogP contribution >= 0.6 is 0 Å². The fourth-order valence-corrected chi connectivity index (χ4v) is 0.546. The van der Waals surface area contributed by atoms with Gasteiger partial charge >= 0.3 is 0 Å². The number of hydrogen-bond acceptors (Lipinski definition) is 4. The first kappa shape index (κ1) is 6.22. The molecule has 4 heteroatoms. The highest BCUT2D eigenvalue weighted by Crippen LogP contribution is 1.98. The summed E-state index contributed by atoms with van der Waals surface area (Å²) in [4.78, 5) is 0. The van der Waals surface area contributed by atoms with Crippen molar-refractivity contribution in [1.29, 1.82) is 0 Å². The summed E-state index contributed by atoms with van der Waals surface area (Å²) < 4.78 is 4.89. The molecule has 1 fully saturated rings. The first-order chi connectivity index (χ1) is 4.29. The van der Waals surface area contributed by atoms with Crippen molar-refractivity contribution in [2.24, 2.45) is 11.5 Å². The molecule has 0 radical (unpaired) electrons. The third kappa shape index (κ3) is 1.81. The molecule has 52 valence electrons. The van der Waals surface area contributed by atoms with Crippen LogP contribution in [-0.2, 0) is 4.74 Å². The van der Waals surface area contributed by atoms with Crippen molar-refractivity contribution >= 4 is 0 Å². The van der Waals surface area contributed by atoms with E-state index in [1.165, 1.54) is 0 Å². The Morgan fingerprint density at radius 1 is 1.56 bits per heavy atom. The lowest BCUT2D eigenvalue weighted by Crippen LogP contribution is -2.44. The van der Waals surface area contributed by atoms with Crippen LogP contribution < -0.4 is 16.8 Å². The van der Waals surface area contributed by atoms with E-state index in [0.29, 0.717) is 11.9 Å². The van der Waals surface area contributed by atoms with E-state index in [4.69, 9.17) is 16.2 Å². The van der Waals surface area contributed by atoms with Gasteiger partial charge < -0.3 is 21.5 Å². The van der Waals surface area contributed by atoms with Crippen LogP contribution in [0.1, 0.15) is 0 Å². The maximum Gasteiger partial charge on any atom is 0.110 e. The number of ether oxygens (including phenoxy) is 1. The Hall–Kier alpha value is -0.900.